The number of hydrogen-bond acceptors (Lipinski definition) is 5. The molecule has 1 fully saturated rings. The standard InChI is InChI=1S/C24H33BrN4O5/c1-23(2,3)18-15(25)11-12-16-17(18)19(28-29(16)22(32)33)20(30)26-13-7-9-14(10-8-13)27-21(31)34-24(4,5)6/h11-14H,7-10H2,1-6H3,(H,26,30)(H,27,31)(H,32,33). The molecule has 3 rings (SSSR count). The maximum Gasteiger partial charge on any atom is 0.432 e. The van der Waals surface area contributed by atoms with Crippen molar-refractivity contribution in [2.24, 2.45) is 0 Å². The lowest BCUT2D eigenvalue weighted by atomic mass is 9.84. The first-order valence-electron chi connectivity index (χ1n) is 11.4. The van der Waals surface area contributed by atoms with Crippen LogP contribution < -0.4 is 10.6 Å². The molecule has 0 spiro atoms. The molecule has 34 heavy (non-hydrogen) atoms. The van der Waals surface area contributed by atoms with Crippen LogP contribution in [0, 0.1) is 0 Å². The lowest BCUT2D eigenvalue weighted by Crippen LogP contribution is -2.45. The number of carbonyl (C=O) groups is 3. The third kappa shape index (κ3) is 5.89. The van der Waals surface area contributed by atoms with E-state index < -0.39 is 23.7 Å². The van der Waals surface area contributed by atoms with E-state index in [9.17, 15) is 19.5 Å². The van der Waals surface area contributed by atoms with Crippen molar-refractivity contribution in [2.45, 2.75) is 90.3 Å². The highest BCUT2D eigenvalue weighted by molar-refractivity contribution is 9.10. The average Bonchev–Trinajstić information content (AvgIpc) is 3.06. The molecule has 10 heteroatoms. The van der Waals surface area contributed by atoms with Crippen molar-refractivity contribution in [3.05, 3.63) is 27.9 Å². The van der Waals surface area contributed by atoms with Crippen molar-refractivity contribution in [1.29, 1.82) is 0 Å². The molecule has 1 aliphatic carbocycles. The predicted molar refractivity (Wildman–Crippen MR) is 132 cm³/mol. The van der Waals surface area contributed by atoms with E-state index in [4.69, 9.17) is 4.74 Å². The van der Waals surface area contributed by atoms with E-state index in [1.807, 2.05) is 41.5 Å². The SMILES string of the molecule is CC(C)(C)OC(=O)NC1CCC(NC(=O)c2nn(C(=O)O)c3ccc(Br)c(C(C)(C)C)c23)CC1. The van der Waals surface area contributed by atoms with Crippen LogP contribution in [0.1, 0.15) is 83.3 Å². The van der Waals surface area contributed by atoms with Gasteiger partial charge in [0.05, 0.1) is 5.52 Å². The van der Waals surface area contributed by atoms with Crippen LogP contribution in [0.25, 0.3) is 10.9 Å². The zero-order valence-electron chi connectivity index (χ0n) is 20.5. The zero-order chi connectivity index (χ0) is 25.4. The van der Waals surface area contributed by atoms with Crippen molar-refractivity contribution >= 4 is 44.9 Å². The summed E-state index contributed by atoms with van der Waals surface area (Å²) in [6, 6.07) is 3.32. The molecule has 0 saturated heterocycles. The minimum Gasteiger partial charge on any atom is -0.463 e. The van der Waals surface area contributed by atoms with Crippen LogP contribution in [0.15, 0.2) is 16.6 Å². The summed E-state index contributed by atoms with van der Waals surface area (Å²) < 4.78 is 6.96. The van der Waals surface area contributed by atoms with Crippen LogP contribution in [0.5, 0.6) is 0 Å². The minimum atomic E-state index is -1.25. The second-order valence-electron chi connectivity index (χ2n) is 10.8. The molecule has 1 heterocycles. The number of amides is 2. The molecular weight excluding hydrogens is 504 g/mol. The third-order valence-electron chi connectivity index (χ3n) is 5.73. The Labute approximate surface area is 207 Å². The number of halogens is 1. The van der Waals surface area contributed by atoms with Crippen LogP contribution in [0.2, 0.25) is 0 Å². The van der Waals surface area contributed by atoms with Crippen molar-refractivity contribution < 1.29 is 24.2 Å². The Morgan fingerprint density at radius 3 is 2.09 bits per heavy atom. The first-order valence-corrected chi connectivity index (χ1v) is 12.2. The Kier molecular flexibility index (Phi) is 7.31. The number of alkyl carbamates (subject to hydrolysis) is 1. The fourth-order valence-corrected chi connectivity index (χ4v) is 5.26. The van der Waals surface area contributed by atoms with Crippen molar-refractivity contribution in [3.63, 3.8) is 0 Å². The first kappa shape index (κ1) is 26.0. The smallest absolute Gasteiger partial charge is 0.432 e. The van der Waals surface area contributed by atoms with E-state index in [0.717, 1.165) is 14.7 Å². The third-order valence-corrected chi connectivity index (χ3v) is 6.39. The van der Waals surface area contributed by atoms with E-state index >= 15 is 0 Å². The molecule has 0 aliphatic heterocycles. The summed E-state index contributed by atoms with van der Waals surface area (Å²) in [4.78, 5) is 37.1. The Morgan fingerprint density at radius 2 is 1.59 bits per heavy atom. The fourth-order valence-electron chi connectivity index (χ4n) is 4.33. The van der Waals surface area contributed by atoms with Gasteiger partial charge in [0.25, 0.3) is 5.91 Å². The summed E-state index contributed by atoms with van der Waals surface area (Å²) in [7, 11) is 0. The van der Waals surface area contributed by atoms with Gasteiger partial charge in [0, 0.05) is 21.9 Å². The molecule has 1 aliphatic rings. The first-order chi connectivity index (χ1) is 15.7. The normalized spacial score (nSPS) is 19.0. The number of carbonyl (C=O) groups excluding carboxylic acids is 2. The van der Waals surface area contributed by atoms with Crippen molar-refractivity contribution in [2.75, 3.05) is 0 Å². The Morgan fingerprint density at radius 1 is 1.03 bits per heavy atom. The quantitative estimate of drug-likeness (QED) is 0.496. The number of nitrogens with zero attached hydrogens (tertiary/aromatic N) is 2. The highest BCUT2D eigenvalue weighted by Gasteiger charge is 2.31. The number of hydrogen-bond donors (Lipinski definition) is 3. The number of carboxylic acid groups (broad SMARTS) is 1. The Bertz CT molecular complexity index is 1110. The van der Waals surface area contributed by atoms with Gasteiger partial charge in [0.2, 0.25) is 0 Å². The van der Waals surface area contributed by atoms with E-state index in [2.05, 4.69) is 31.7 Å². The minimum absolute atomic E-state index is 0.0153. The Hall–Kier alpha value is -2.62. The van der Waals surface area contributed by atoms with E-state index in [1.54, 1.807) is 12.1 Å². The molecule has 186 valence electrons. The molecule has 1 aromatic heterocycles. The van der Waals surface area contributed by atoms with Crippen LogP contribution in [-0.4, -0.2) is 50.7 Å². The summed E-state index contributed by atoms with van der Waals surface area (Å²) in [5.41, 5.74) is 0.380. The molecule has 0 atom stereocenters. The van der Waals surface area contributed by atoms with Gasteiger partial charge < -0.3 is 20.5 Å². The van der Waals surface area contributed by atoms with E-state index in [-0.39, 0.29) is 23.2 Å². The van der Waals surface area contributed by atoms with Gasteiger partial charge >= 0.3 is 12.2 Å². The lowest BCUT2D eigenvalue weighted by molar-refractivity contribution is 0.0487. The number of nitrogens with one attached hydrogen (secondary N) is 2. The number of ether oxygens (including phenoxy) is 1. The van der Waals surface area contributed by atoms with E-state index in [0.29, 0.717) is 36.6 Å². The largest absolute Gasteiger partial charge is 0.463 e. The van der Waals surface area contributed by atoms with Gasteiger partial charge in [-0.05, 0) is 69.6 Å². The molecule has 3 N–H and O–H groups in total. The predicted octanol–water partition coefficient (Wildman–Crippen LogP) is 5.19. The van der Waals surface area contributed by atoms with Gasteiger partial charge in [0.15, 0.2) is 5.69 Å². The molecule has 0 radical (unpaired) electrons. The van der Waals surface area contributed by atoms with Crippen LogP contribution in [0.4, 0.5) is 9.59 Å². The highest BCUT2D eigenvalue weighted by atomic mass is 79.9. The fraction of sp³-hybridized carbons (Fsp3) is 0.583. The average molecular weight is 537 g/mol. The number of rotatable bonds is 3. The molecular formula is C24H33BrN4O5. The number of aromatic nitrogens is 2. The summed E-state index contributed by atoms with van der Waals surface area (Å²) in [6.07, 6.45) is 1.07. The van der Waals surface area contributed by atoms with Gasteiger partial charge in [0.1, 0.15) is 5.60 Å². The molecule has 1 saturated carbocycles. The Balaban J connectivity index is 1.78. The van der Waals surface area contributed by atoms with Crippen LogP contribution in [-0.2, 0) is 10.2 Å². The monoisotopic (exact) mass is 536 g/mol. The zero-order valence-corrected chi connectivity index (χ0v) is 22.1. The number of benzene rings is 1. The van der Waals surface area contributed by atoms with Gasteiger partial charge in [-0.25, -0.2) is 9.59 Å². The summed E-state index contributed by atoms with van der Waals surface area (Å²) in [6.45, 7) is 11.5. The van der Waals surface area contributed by atoms with Gasteiger partial charge in [-0.15, -0.1) is 0 Å². The van der Waals surface area contributed by atoms with Gasteiger partial charge in [-0.1, -0.05) is 36.7 Å². The van der Waals surface area contributed by atoms with Gasteiger partial charge in [-0.2, -0.15) is 9.78 Å². The molecule has 0 bridgehead atoms. The lowest BCUT2D eigenvalue weighted by Gasteiger charge is -2.30. The topological polar surface area (TPSA) is 123 Å². The molecule has 2 aromatic rings. The molecule has 9 nitrogen and oxygen atoms in total. The number of fused-ring (bicyclic) bond motifs is 1. The molecule has 0 unspecified atom stereocenters. The second-order valence-corrected chi connectivity index (χ2v) is 11.6. The van der Waals surface area contributed by atoms with E-state index in [1.165, 1.54) is 0 Å². The summed E-state index contributed by atoms with van der Waals surface area (Å²) >= 11 is 3.56. The summed E-state index contributed by atoms with van der Waals surface area (Å²) in [5, 5.41) is 20.3. The van der Waals surface area contributed by atoms with Crippen LogP contribution >= 0.6 is 15.9 Å². The second kappa shape index (κ2) is 9.56. The van der Waals surface area contributed by atoms with Crippen molar-refractivity contribution in [1.82, 2.24) is 20.4 Å². The maximum absolute atomic E-state index is 13.3. The van der Waals surface area contributed by atoms with Gasteiger partial charge in [-0.3, -0.25) is 4.79 Å². The maximum atomic E-state index is 13.3. The molecule has 1 aromatic carbocycles. The highest BCUT2D eigenvalue weighted by Crippen LogP contribution is 2.38. The van der Waals surface area contributed by atoms with Crippen LogP contribution in [0.3, 0.4) is 0 Å². The molecule has 2 amide bonds. The van der Waals surface area contributed by atoms with Crippen molar-refractivity contribution in [3.8, 4) is 0 Å². The summed E-state index contributed by atoms with van der Waals surface area (Å²) in [5.74, 6) is -0.405.